The SMILES string of the molecule is CC[C@H](C(=O)NC1CCCCC1)N(Cc1ccc(Cl)c(Cl)c1)C(=O)CN(c1cccc(C)c1)S(C)(=O)=O. The molecule has 1 N–H and O–H groups in total. The Morgan fingerprint density at radius 2 is 1.76 bits per heavy atom. The van der Waals surface area contributed by atoms with E-state index in [1.54, 1.807) is 36.4 Å². The molecular weight excluding hydrogens is 533 g/mol. The third-order valence-electron chi connectivity index (χ3n) is 6.64. The molecule has 0 spiro atoms. The molecule has 2 aromatic carbocycles. The predicted molar refractivity (Wildman–Crippen MR) is 149 cm³/mol. The second-order valence-electron chi connectivity index (χ2n) is 9.65. The summed E-state index contributed by atoms with van der Waals surface area (Å²) in [4.78, 5) is 28.7. The molecule has 0 radical (unpaired) electrons. The lowest BCUT2D eigenvalue weighted by Crippen LogP contribution is -2.53. The van der Waals surface area contributed by atoms with Crippen LogP contribution in [-0.2, 0) is 26.2 Å². The monoisotopic (exact) mass is 567 g/mol. The van der Waals surface area contributed by atoms with Crippen LogP contribution in [0.1, 0.15) is 56.6 Å². The van der Waals surface area contributed by atoms with Gasteiger partial charge in [-0.25, -0.2) is 8.42 Å². The second kappa shape index (κ2) is 13.0. The van der Waals surface area contributed by atoms with Crippen LogP contribution in [0.4, 0.5) is 5.69 Å². The van der Waals surface area contributed by atoms with Crippen molar-refractivity contribution in [3.63, 3.8) is 0 Å². The summed E-state index contributed by atoms with van der Waals surface area (Å²) in [5.74, 6) is -0.715. The van der Waals surface area contributed by atoms with Crippen molar-refractivity contribution in [3.05, 3.63) is 63.6 Å². The number of aryl methyl sites for hydroxylation is 1. The summed E-state index contributed by atoms with van der Waals surface area (Å²) in [6.45, 7) is 3.34. The Morgan fingerprint density at radius 3 is 2.35 bits per heavy atom. The molecule has 0 unspecified atom stereocenters. The van der Waals surface area contributed by atoms with Crippen molar-refractivity contribution in [1.29, 1.82) is 0 Å². The van der Waals surface area contributed by atoms with Crippen LogP contribution in [0.5, 0.6) is 0 Å². The summed E-state index contributed by atoms with van der Waals surface area (Å²) < 4.78 is 26.5. The normalized spacial score (nSPS) is 15.2. The van der Waals surface area contributed by atoms with Crippen LogP contribution in [0, 0.1) is 6.92 Å². The van der Waals surface area contributed by atoms with E-state index in [-0.39, 0.29) is 18.5 Å². The minimum Gasteiger partial charge on any atom is -0.352 e. The van der Waals surface area contributed by atoms with E-state index in [9.17, 15) is 18.0 Å². The maximum Gasteiger partial charge on any atom is 0.244 e. The highest BCUT2D eigenvalue weighted by Crippen LogP contribution is 2.25. The Bertz CT molecular complexity index is 1220. The van der Waals surface area contributed by atoms with Gasteiger partial charge in [-0.2, -0.15) is 0 Å². The van der Waals surface area contributed by atoms with E-state index >= 15 is 0 Å². The first-order valence-electron chi connectivity index (χ1n) is 12.6. The highest BCUT2D eigenvalue weighted by atomic mass is 35.5. The minimum absolute atomic E-state index is 0.0806. The topological polar surface area (TPSA) is 86.8 Å². The molecule has 0 saturated heterocycles. The molecular formula is C27H35Cl2N3O4S. The highest BCUT2D eigenvalue weighted by molar-refractivity contribution is 7.92. The quantitative estimate of drug-likeness (QED) is 0.420. The van der Waals surface area contributed by atoms with E-state index in [0.29, 0.717) is 27.7 Å². The average molecular weight is 569 g/mol. The van der Waals surface area contributed by atoms with Crippen molar-refractivity contribution in [2.24, 2.45) is 0 Å². The fourth-order valence-electron chi connectivity index (χ4n) is 4.70. The van der Waals surface area contributed by atoms with Gasteiger partial charge in [0.1, 0.15) is 12.6 Å². The van der Waals surface area contributed by atoms with E-state index in [1.165, 1.54) is 4.90 Å². The summed E-state index contributed by atoms with van der Waals surface area (Å²) in [6, 6.07) is 11.3. The lowest BCUT2D eigenvalue weighted by Gasteiger charge is -2.34. The first-order valence-corrected chi connectivity index (χ1v) is 15.2. The van der Waals surface area contributed by atoms with Crippen molar-refractivity contribution >= 4 is 50.7 Å². The fraction of sp³-hybridized carbons (Fsp3) is 0.481. The van der Waals surface area contributed by atoms with Gasteiger partial charge in [0.2, 0.25) is 21.8 Å². The lowest BCUT2D eigenvalue weighted by molar-refractivity contribution is -0.140. The number of carbonyl (C=O) groups is 2. The van der Waals surface area contributed by atoms with Gasteiger partial charge in [0, 0.05) is 12.6 Å². The molecule has 2 aromatic rings. The number of amides is 2. The van der Waals surface area contributed by atoms with Crippen molar-refractivity contribution < 1.29 is 18.0 Å². The molecule has 1 fully saturated rings. The molecule has 0 heterocycles. The number of carbonyl (C=O) groups excluding carboxylic acids is 2. The Labute approximate surface area is 230 Å². The molecule has 1 atom stereocenters. The van der Waals surface area contributed by atoms with E-state index in [1.807, 2.05) is 19.9 Å². The first-order chi connectivity index (χ1) is 17.5. The average Bonchev–Trinajstić information content (AvgIpc) is 2.84. The zero-order valence-electron chi connectivity index (χ0n) is 21.5. The number of nitrogens with one attached hydrogen (secondary N) is 1. The number of hydrogen-bond donors (Lipinski definition) is 1. The number of anilines is 1. The summed E-state index contributed by atoms with van der Waals surface area (Å²) in [5, 5.41) is 3.84. The Balaban J connectivity index is 1.93. The van der Waals surface area contributed by atoms with Gasteiger partial charge in [0.05, 0.1) is 22.0 Å². The van der Waals surface area contributed by atoms with E-state index in [0.717, 1.165) is 48.2 Å². The van der Waals surface area contributed by atoms with Crippen LogP contribution in [0.25, 0.3) is 0 Å². The Kier molecular flexibility index (Phi) is 10.3. The zero-order chi connectivity index (χ0) is 27.2. The van der Waals surface area contributed by atoms with E-state index in [2.05, 4.69) is 5.32 Å². The molecule has 37 heavy (non-hydrogen) atoms. The van der Waals surface area contributed by atoms with Gasteiger partial charge >= 0.3 is 0 Å². The van der Waals surface area contributed by atoms with E-state index in [4.69, 9.17) is 23.2 Å². The molecule has 0 aliphatic heterocycles. The molecule has 3 rings (SSSR count). The number of hydrogen-bond acceptors (Lipinski definition) is 4. The number of sulfonamides is 1. The number of benzene rings is 2. The molecule has 0 aromatic heterocycles. The Hall–Kier alpha value is -2.29. The summed E-state index contributed by atoms with van der Waals surface area (Å²) in [5.41, 5.74) is 1.95. The summed E-state index contributed by atoms with van der Waals surface area (Å²) in [6.07, 6.45) is 6.55. The maximum absolute atomic E-state index is 13.8. The molecule has 0 bridgehead atoms. The third kappa shape index (κ3) is 8.09. The third-order valence-corrected chi connectivity index (χ3v) is 8.52. The fourth-order valence-corrected chi connectivity index (χ4v) is 5.86. The minimum atomic E-state index is -3.78. The first kappa shape index (κ1) is 29.3. The van der Waals surface area contributed by atoms with Gasteiger partial charge in [-0.05, 0) is 61.6 Å². The van der Waals surface area contributed by atoms with Crippen LogP contribution in [0.3, 0.4) is 0 Å². The van der Waals surface area contributed by atoms with Gasteiger partial charge in [-0.1, -0.05) is 67.6 Å². The molecule has 202 valence electrons. The number of nitrogens with zero attached hydrogens (tertiary/aromatic N) is 2. The zero-order valence-corrected chi connectivity index (χ0v) is 23.9. The van der Waals surface area contributed by atoms with Crippen LogP contribution in [0.15, 0.2) is 42.5 Å². The molecule has 1 aliphatic carbocycles. The molecule has 1 aliphatic rings. The highest BCUT2D eigenvalue weighted by Gasteiger charge is 2.33. The Morgan fingerprint density at radius 1 is 1.05 bits per heavy atom. The predicted octanol–water partition coefficient (Wildman–Crippen LogP) is 5.32. The van der Waals surface area contributed by atoms with Gasteiger partial charge < -0.3 is 10.2 Å². The van der Waals surface area contributed by atoms with E-state index < -0.39 is 28.5 Å². The smallest absolute Gasteiger partial charge is 0.244 e. The summed E-state index contributed by atoms with van der Waals surface area (Å²) in [7, 11) is -3.78. The number of halogens is 2. The van der Waals surface area contributed by atoms with Gasteiger partial charge in [0.25, 0.3) is 0 Å². The van der Waals surface area contributed by atoms with Crippen LogP contribution in [0.2, 0.25) is 10.0 Å². The second-order valence-corrected chi connectivity index (χ2v) is 12.4. The van der Waals surface area contributed by atoms with Gasteiger partial charge in [-0.15, -0.1) is 0 Å². The van der Waals surface area contributed by atoms with Crippen LogP contribution >= 0.6 is 23.2 Å². The molecule has 1 saturated carbocycles. The van der Waals surface area contributed by atoms with Gasteiger partial charge in [-0.3, -0.25) is 13.9 Å². The largest absolute Gasteiger partial charge is 0.352 e. The van der Waals surface area contributed by atoms with Crippen molar-refractivity contribution in [2.45, 2.75) is 71.0 Å². The molecule has 7 nitrogen and oxygen atoms in total. The molecule has 2 amide bonds. The maximum atomic E-state index is 13.8. The van der Waals surface area contributed by atoms with Crippen LogP contribution in [-0.4, -0.2) is 50.0 Å². The standard InChI is InChI=1S/C27H35Cl2N3O4S/c1-4-25(27(34)30-21-10-6-5-7-11-21)31(17-20-13-14-23(28)24(29)16-20)26(33)18-32(37(3,35)36)22-12-8-9-19(2)15-22/h8-9,12-16,21,25H,4-7,10-11,17-18H2,1-3H3,(H,30,34)/t25-/m1/s1. The van der Waals surface area contributed by atoms with Crippen LogP contribution < -0.4 is 9.62 Å². The van der Waals surface area contributed by atoms with Crippen molar-refractivity contribution in [1.82, 2.24) is 10.2 Å². The van der Waals surface area contributed by atoms with Crippen molar-refractivity contribution in [2.75, 3.05) is 17.1 Å². The lowest BCUT2D eigenvalue weighted by atomic mass is 9.95. The van der Waals surface area contributed by atoms with Crippen molar-refractivity contribution in [3.8, 4) is 0 Å². The summed E-state index contributed by atoms with van der Waals surface area (Å²) >= 11 is 12.3. The molecule has 10 heteroatoms. The van der Waals surface area contributed by atoms with Gasteiger partial charge in [0.15, 0.2) is 0 Å². The number of rotatable bonds is 10.